The Hall–Kier alpha value is -2.96. The van der Waals surface area contributed by atoms with Crippen molar-refractivity contribution < 1.29 is 8.78 Å². The Morgan fingerprint density at radius 1 is 1.08 bits per heavy atom. The Bertz CT molecular complexity index is 874. The zero-order chi connectivity index (χ0) is 18.6. The van der Waals surface area contributed by atoms with Gasteiger partial charge < -0.3 is 11.1 Å². The molecule has 0 saturated carbocycles. The molecule has 5 nitrogen and oxygen atoms in total. The quantitative estimate of drug-likeness (QED) is 0.642. The molecule has 4 N–H and O–H groups in total. The second kappa shape index (κ2) is 7.74. The summed E-state index contributed by atoms with van der Waals surface area (Å²) in [5, 5.41) is 9.26. The molecule has 1 heterocycles. The van der Waals surface area contributed by atoms with Crippen molar-refractivity contribution >= 4 is 17.3 Å². The standard InChI is InChI=1S/C16H15F2N5.C2H6/c1-8-3-6-12(9(2)7-8)20-14-10(4-5-11(17)13(14)18)15-21-16(19)23-22-15;1-2/h3-7,20H,1-2H3,(H3,19,21,22,23);1-2H3. The average molecular weight is 345 g/mol. The smallest absolute Gasteiger partial charge is 0.239 e. The van der Waals surface area contributed by atoms with Crippen molar-refractivity contribution in [1.82, 2.24) is 15.2 Å². The topological polar surface area (TPSA) is 79.6 Å². The minimum Gasteiger partial charge on any atom is -0.366 e. The van der Waals surface area contributed by atoms with Gasteiger partial charge in [-0.2, -0.15) is 4.98 Å². The molecule has 0 atom stereocenters. The fourth-order valence-electron chi connectivity index (χ4n) is 2.35. The Kier molecular flexibility index (Phi) is 5.69. The molecule has 0 radical (unpaired) electrons. The number of hydrogen-bond acceptors (Lipinski definition) is 4. The highest BCUT2D eigenvalue weighted by Crippen LogP contribution is 2.33. The molecule has 0 spiro atoms. The molecule has 0 aliphatic carbocycles. The van der Waals surface area contributed by atoms with Crippen LogP contribution >= 0.6 is 0 Å². The molecule has 2 aromatic carbocycles. The summed E-state index contributed by atoms with van der Waals surface area (Å²) in [6.07, 6.45) is 0. The van der Waals surface area contributed by atoms with Crippen LogP contribution in [0.5, 0.6) is 0 Å². The maximum atomic E-state index is 14.3. The monoisotopic (exact) mass is 345 g/mol. The van der Waals surface area contributed by atoms with Gasteiger partial charge in [-0.1, -0.05) is 31.5 Å². The number of aromatic nitrogens is 3. The molecule has 0 saturated heterocycles. The number of halogens is 2. The summed E-state index contributed by atoms with van der Waals surface area (Å²) < 4.78 is 28.0. The number of nitrogen functional groups attached to an aromatic ring is 1. The number of aromatic amines is 1. The van der Waals surface area contributed by atoms with Crippen LogP contribution in [0.2, 0.25) is 0 Å². The predicted molar refractivity (Wildman–Crippen MR) is 96.7 cm³/mol. The number of anilines is 3. The summed E-state index contributed by atoms with van der Waals surface area (Å²) in [7, 11) is 0. The summed E-state index contributed by atoms with van der Waals surface area (Å²) in [6.45, 7) is 7.85. The fourth-order valence-corrected chi connectivity index (χ4v) is 2.35. The Morgan fingerprint density at radius 3 is 2.40 bits per heavy atom. The third-order valence-electron chi connectivity index (χ3n) is 3.49. The van der Waals surface area contributed by atoms with Crippen LogP contribution < -0.4 is 11.1 Å². The molecule has 1 aromatic heterocycles. The number of rotatable bonds is 3. The van der Waals surface area contributed by atoms with E-state index in [1.54, 1.807) is 0 Å². The van der Waals surface area contributed by atoms with Crippen LogP contribution in [0.25, 0.3) is 11.4 Å². The van der Waals surface area contributed by atoms with Crippen molar-refractivity contribution in [2.45, 2.75) is 27.7 Å². The lowest BCUT2D eigenvalue weighted by Crippen LogP contribution is -2.01. The number of benzene rings is 2. The minimum absolute atomic E-state index is 0.0203. The van der Waals surface area contributed by atoms with Crippen molar-refractivity contribution in [1.29, 1.82) is 0 Å². The lowest BCUT2D eigenvalue weighted by atomic mass is 10.1. The van der Waals surface area contributed by atoms with Gasteiger partial charge in [-0.15, -0.1) is 5.10 Å². The van der Waals surface area contributed by atoms with E-state index in [0.717, 1.165) is 17.2 Å². The number of nitrogens with two attached hydrogens (primary N) is 1. The van der Waals surface area contributed by atoms with Crippen LogP contribution in [0.1, 0.15) is 25.0 Å². The predicted octanol–water partition coefficient (Wildman–Crippen LogP) is 4.72. The highest BCUT2D eigenvalue weighted by molar-refractivity contribution is 5.79. The first-order valence-corrected chi connectivity index (χ1v) is 7.96. The SMILES string of the molecule is CC.Cc1ccc(Nc2c(-c3nc(N)n[nH]3)ccc(F)c2F)c(C)c1. The molecule has 0 aliphatic heterocycles. The summed E-state index contributed by atoms with van der Waals surface area (Å²) in [6, 6.07) is 8.11. The van der Waals surface area contributed by atoms with E-state index in [-0.39, 0.29) is 17.5 Å². The number of hydrogen-bond donors (Lipinski definition) is 3. The van der Waals surface area contributed by atoms with Crippen LogP contribution in [0.3, 0.4) is 0 Å². The normalized spacial score (nSPS) is 10.2. The fraction of sp³-hybridized carbons (Fsp3) is 0.222. The zero-order valence-electron chi connectivity index (χ0n) is 14.6. The van der Waals surface area contributed by atoms with Crippen LogP contribution in [0, 0.1) is 25.5 Å². The van der Waals surface area contributed by atoms with Gasteiger partial charge in [-0.05, 0) is 37.6 Å². The van der Waals surface area contributed by atoms with Gasteiger partial charge >= 0.3 is 0 Å². The lowest BCUT2D eigenvalue weighted by molar-refractivity contribution is 0.512. The molecule has 0 fully saturated rings. The van der Waals surface area contributed by atoms with Crippen LogP contribution in [-0.4, -0.2) is 15.2 Å². The Balaban J connectivity index is 0.00000109. The lowest BCUT2D eigenvalue weighted by Gasteiger charge is -2.14. The van der Waals surface area contributed by atoms with E-state index in [1.165, 1.54) is 6.07 Å². The van der Waals surface area contributed by atoms with Crippen molar-refractivity contribution in [3.05, 3.63) is 53.1 Å². The third-order valence-corrected chi connectivity index (χ3v) is 3.49. The van der Waals surface area contributed by atoms with Crippen LogP contribution in [0.4, 0.5) is 26.1 Å². The van der Waals surface area contributed by atoms with Gasteiger partial charge in [-0.25, -0.2) is 8.78 Å². The number of aryl methyl sites for hydroxylation is 2. The molecule has 25 heavy (non-hydrogen) atoms. The van der Waals surface area contributed by atoms with E-state index < -0.39 is 11.6 Å². The molecule has 0 amide bonds. The average Bonchev–Trinajstić information content (AvgIpc) is 3.02. The Labute approximate surface area is 145 Å². The molecule has 0 unspecified atom stereocenters. The van der Waals surface area contributed by atoms with Crippen molar-refractivity contribution in [3.63, 3.8) is 0 Å². The van der Waals surface area contributed by atoms with E-state index in [0.29, 0.717) is 11.3 Å². The summed E-state index contributed by atoms with van der Waals surface area (Å²) >= 11 is 0. The van der Waals surface area contributed by atoms with Gasteiger partial charge in [0.1, 0.15) is 0 Å². The summed E-state index contributed by atoms with van der Waals surface area (Å²) in [5.41, 5.74) is 8.47. The van der Waals surface area contributed by atoms with Crippen molar-refractivity contribution in [2.75, 3.05) is 11.1 Å². The van der Waals surface area contributed by atoms with E-state index in [2.05, 4.69) is 20.5 Å². The maximum Gasteiger partial charge on any atom is 0.239 e. The first-order valence-electron chi connectivity index (χ1n) is 7.96. The van der Waals surface area contributed by atoms with Crippen LogP contribution in [-0.2, 0) is 0 Å². The molecular weight excluding hydrogens is 324 g/mol. The van der Waals surface area contributed by atoms with Crippen molar-refractivity contribution in [2.24, 2.45) is 0 Å². The largest absolute Gasteiger partial charge is 0.366 e. The molecule has 3 rings (SSSR count). The van der Waals surface area contributed by atoms with Gasteiger partial charge in [-0.3, -0.25) is 5.10 Å². The van der Waals surface area contributed by atoms with Gasteiger partial charge in [0.05, 0.1) is 5.69 Å². The first-order chi connectivity index (χ1) is 12.0. The third kappa shape index (κ3) is 3.93. The molecule has 3 aromatic rings. The minimum atomic E-state index is -0.988. The molecule has 0 bridgehead atoms. The second-order valence-electron chi connectivity index (χ2n) is 5.27. The summed E-state index contributed by atoms with van der Waals surface area (Å²) in [4.78, 5) is 3.97. The van der Waals surface area contributed by atoms with E-state index in [9.17, 15) is 8.78 Å². The molecule has 0 aliphatic rings. The van der Waals surface area contributed by atoms with Gasteiger partial charge in [0, 0.05) is 11.3 Å². The molecular formula is C18H21F2N5. The van der Waals surface area contributed by atoms with E-state index >= 15 is 0 Å². The van der Waals surface area contributed by atoms with E-state index in [4.69, 9.17) is 5.73 Å². The Morgan fingerprint density at radius 2 is 1.80 bits per heavy atom. The summed E-state index contributed by atoms with van der Waals surface area (Å²) in [5.74, 6) is -1.65. The van der Waals surface area contributed by atoms with Gasteiger partial charge in [0.15, 0.2) is 17.5 Å². The molecule has 132 valence electrons. The van der Waals surface area contributed by atoms with Crippen LogP contribution in [0.15, 0.2) is 30.3 Å². The number of nitrogens with zero attached hydrogens (tertiary/aromatic N) is 2. The van der Waals surface area contributed by atoms with Gasteiger partial charge in [0.2, 0.25) is 5.95 Å². The maximum absolute atomic E-state index is 14.3. The zero-order valence-corrected chi connectivity index (χ0v) is 14.6. The molecule has 7 heteroatoms. The first kappa shape index (κ1) is 18.4. The van der Waals surface area contributed by atoms with Gasteiger partial charge in [0.25, 0.3) is 0 Å². The van der Waals surface area contributed by atoms with Crippen molar-refractivity contribution in [3.8, 4) is 11.4 Å². The number of nitrogens with one attached hydrogen (secondary N) is 2. The highest BCUT2D eigenvalue weighted by Gasteiger charge is 2.18. The van der Waals surface area contributed by atoms with E-state index in [1.807, 2.05) is 45.9 Å². The second-order valence-corrected chi connectivity index (χ2v) is 5.27. The number of H-pyrrole nitrogens is 1. The highest BCUT2D eigenvalue weighted by atomic mass is 19.2.